The number of Topliss-reactive ketones (excluding diaryl/α,β-unsaturated/α-hetero) is 1. The van der Waals surface area contributed by atoms with Crippen molar-refractivity contribution in [1.29, 1.82) is 0 Å². The van der Waals surface area contributed by atoms with Gasteiger partial charge in [-0.05, 0) is 57.7 Å². The fourth-order valence-corrected chi connectivity index (χ4v) is 2.60. The highest BCUT2D eigenvalue weighted by Gasteiger charge is 2.21. The van der Waals surface area contributed by atoms with Crippen LogP contribution in [0.4, 0.5) is 4.79 Å². The molecule has 6 heteroatoms. The molecule has 27 heavy (non-hydrogen) atoms. The van der Waals surface area contributed by atoms with Crippen LogP contribution in [0, 0.1) is 0 Å². The van der Waals surface area contributed by atoms with Crippen LogP contribution in [0.25, 0.3) is 0 Å². The van der Waals surface area contributed by atoms with Crippen molar-refractivity contribution < 1.29 is 24.2 Å². The summed E-state index contributed by atoms with van der Waals surface area (Å²) in [6.07, 6.45) is 3.04. The predicted octanol–water partition coefficient (Wildman–Crippen LogP) is 4.59. The molecule has 0 heterocycles. The summed E-state index contributed by atoms with van der Waals surface area (Å²) in [5, 5.41) is 12.4. The van der Waals surface area contributed by atoms with E-state index < -0.39 is 17.9 Å². The Bertz CT molecular complexity index is 621. The van der Waals surface area contributed by atoms with Crippen LogP contribution in [0.5, 0.6) is 5.75 Å². The van der Waals surface area contributed by atoms with E-state index in [1.165, 1.54) is 6.07 Å². The number of phenols is 1. The molecule has 0 saturated heterocycles. The minimum absolute atomic E-state index is 0.0434. The molecule has 1 atom stereocenters. The standard InChI is InChI=1S/C21H33NO5/c1-6-8-9-10-19(22-20(25)27-21(3,4)5)26-14-18(24)17-13-16(23)12-11-15(17)7-2/h11-13,19,23H,6-10,14H2,1-5H3,(H,22,25). The molecule has 1 rings (SSSR count). The SMILES string of the molecule is CCCCCC(NC(=O)OC(C)(C)C)OCC(=O)c1cc(O)ccc1CC. The fourth-order valence-electron chi connectivity index (χ4n) is 2.60. The molecule has 0 aliphatic rings. The number of amides is 1. The number of nitrogens with one attached hydrogen (secondary N) is 1. The minimum Gasteiger partial charge on any atom is -0.508 e. The first kappa shape index (κ1) is 23.0. The maximum atomic E-state index is 12.5. The molecule has 0 aliphatic heterocycles. The molecule has 1 unspecified atom stereocenters. The molecule has 1 aromatic rings. The van der Waals surface area contributed by atoms with Gasteiger partial charge < -0.3 is 14.6 Å². The van der Waals surface area contributed by atoms with Crippen LogP contribution in [0.2, 0.25) is 0 Å². The number of ketones is 1. The van der Waals surface area contributed by atoms with Crippen LogP contribution in [0.1, 0.15) is 76.2 Å². The van der Waals surface area contributed by atoms with Gasteiger partial charge in [0.1, 0.15) is 24.2 Å². The average Bonchev–Trinajstić information content (AvgIpc) is 2.57. The highest BCUT2D eigenvalue weighted by Crippen LogP contribution is 2.18. The number of alkyl carbamates (subject to hydrolysis) is 1. The van der Waals surface area contributed by atoms with Crippen molar-refractivity contribution in [3.63, 3.8) is 0 Å². The Morgan fingerprint density at radius 3 is 2.48 bits per heavy atom. The fraction of sp³-hybridized carbons (Fsp3) is 0.619. The predicted molar refractivity (Wildman–Crippen MR) is 105 cm³/mol. The topological polar surface area (TPSA) is 84.9 Å². The number of hydrogen-bond donors (Lipinski definition) is 2. The van der Waals surface area contributed by atoms with Crippen LogP contribution in [0.15, 0.2) is 18.2 Å². The van der Waals surface area contributed by atoms with Gasteiger partial charge in [-0.3, -0.25) is 10.1 Å². The molecule has 0 saturated carbocycles. The summed E-state index contributed by atoms with van der Waals surface area (Å²) in [5.74, 6) is -0.184. The van der Waals surface area contributed by atoms with E-state index >= 15 is 0 Å². The maximum Gasteiger partial charge on any atom is 0.409 e. The molecular weight excluding hydrogens is 346 g/mol. The van der Waals surface area contributed by atoms with Crippen molar-refractivity contribution in [2.24, 2.45) is 0 Å². The average molecular weight is 379 g/mol. The number of carbonyl (C=O) groups is 2. The summed E-state index contributed by atoms with van der Waals surface area (Å²) < 4.78 is 11.0. The summed E-state index contributed by atoms with van der Waals surface area (Å²) in [6, 6.07) is 4.76. The molecule has 0 aromatic heterocycles. The van der Waals surface area contributed by atoms with E-state index in [4.69, 9.17) is 9.47 Å². The van der Waals surface area contributed by atoms with Crippen LogP contribution in [-0.4, -0.2) is 35.4 Å². The highest BCUT2D eigenvalue weighted by atomic mass is 16.6. The van der Waals surface area contributed by atoms with Gasteiger partial charge in [0.05, 0.1) is 0 Å². The van der Waals surface area contributed by atoms with Gasteiger partial charge in [0.15, 0.2) is 5.78 Å². The largest absolute Gasteiger partial charge is 0.508 e. The second-order valence-electron chi connectivity index (χ2n) is 7.56. The monoisotopic (exact) mass is 379 g/mol. The summed E-state index contributed by atoms with van der Waals surface area (Å²) >= 11 is 0. The lowest BCUT2D eigenvalue weighted by Crippen LogP contribution is -2.41. The van der Waals surface area contributed by atoms with Crippen molar-refractivity contribution in [3.8, 4) is 5.75 Å². The number of hydrogen-bond acceptors (Lipinski definition) is 5. The third kappa shape index (κ3) is 8.91. The van der Waals surface area contributed by atoms with E-state index in [-0.39, 0.29) is 18.1 Å². The van der Waals surface area contributed by atoms with Crippen molar-refractivity contribution in [1.82, 2.24) is 5.32 Å². The minimum atomic E-state index is -0.606. The van der Waals surface area contributed by atoms with Crippen molar-refractivity contribution in [3.05, 3.63) is 29.3 Å². The van der Waals surface area contributed by atoms with Gasteiger partial charge in [-0.15, -0.1) is 0 Å². The highest BCUT2D eigenvalue weighted by molar-refractivity contribution is 5.98. The quantitative estimate of drug-likeness (QED) is 0.353. The van der Waals surface area contributed by atoms with E-state index in [1.807, 2.05) is 6.92 Å². The van der Waals surface area contributed by atoms with Crippen LogP contribution in [0.3, 0.4) is 0 Å². The zero-order chi connectivity index (χ0) is 20.4. The zero-order valence-corrected chi connectivity index (χ0v) is 17.1. The van der Waals surface area contributed by atoms with Crippen molar-refractivity contribution in [2.75, 3.05) is 6.61 Å². The lowest BCUT2D eigenvalue weighted by atomic mass is 10.0. The number of unbranched alkanes of at least 4 members (excludes halogenated alkanes) is 2. The number of ether oxygens (including phenoxy) is 2. The second-order valence-corrected chi connectivity index (χ2v) is 7.56. The second kappa shape index (κ2) is 10.9. The molecule has 1 aromatic carbocycles. The smallest absolute Gasteiger partial charge is 0.409 e. The first-order chi connectivity index (χ1) is 12.7. The third-order valence-corrected chi connectivity index (χ3v) is 3.94. The summed E-state index contributed by atoms with van der Waals surface area (Å²) in [5.41, 5.74) is 0.692. The Hall–Kier alpha value is -2.08. The molecule has 2 N–H and O–H groups in total. The van der Waals surface area contributed by atoms with E-state index in [1.54, 1.807) is 32.9 Å². The first-order valence-corrected chi connectivity index (χ1v) is 9.62. The molecule has 0 aliphatic carbocycles. The molecule has 152 valence electrons. The van der Waals surface area contributed by atoms with Gasteiger partial charge in [-0.25, -0.2) is 4.79 Å². The van der Waals surface area contributed by atoms with Gasteiger partial charge in [0.25, 0.3) is 0 Å². The molecular formula is C21H33NO5. The van der Waals surface area contributed by atoms with E-state index in [9.17, 15) is 14.7 Å². The van der Waals surface area contributed by atoms with Gasteiger partial charge in [-0.1, -0.05) is 32.8 Å². The normalized spacial score (nSPS) is 12.5. The maximum absolute atomic E-state index is 12.5. The van der Waals surface area contributed by atoms with E-state index in [2.05, 4.69) is 12.2 Å². The lowest BCUT2D eigenvalue weighted by Gasteiger charge is -2.24. The molecule has 1 amide bonds. The van der Waals surface area contributed by atoms with E-state index in [0.29, 0.717) is 18.4 Å². The van der Waals surface area contributed by atoms with Crippen LogP contribution >= 0.6 is 0 Å². The van der Waals surface area contributed by atoms with Gasteiger partial charge in [0, 0.05) is 5.56 Å². The van der Waals surface area contributed by atoms with Crippen molar-refractivity contribution >= 4 is 11.9 Å². The third-order valence-electron chi connectivity index (χ3n) is 3.94. The Kier molecular flexibility index (Phi) is 9.29. The Labute approximate surface area is 162 Å². The molecule has 0 bridgehead atoms. The molecule has 0 fully saturated rings. The van der Waals surface area contributed by atoms with E-state index in [0.717, 1.165) is 24.8 Å². The number of rotatable bonds is 10. The number of phenolic OH excluding ortho intramolecular Hbond substituents is 1. The first-order valence-electron chi connectivity index (χ1n) is 9.62. The number of aryl methyl sites for hydroxylation is 1. The summed E-state index contributed by atoms with van der Waals surface area (Å²) in [6.45, 7) is 9.23. The van der Waals surface area contributed by atoms with Crippen LogP contribution in [-0.2, 0) is 15.9 Å². The number of benzene rings is 1. The number of aromatic hydroxyl groups is 1. The van der Waals surface area contributed by atoms with Crippen molar-refractivity contribution in [2.45, 2.75) is 78.6 Å². The zero-order valence-electron chi connectivity index (χ0n) is 17.1. The summed E-state index contributed by atoms with van der Waals surface area (Å²) in [4.78, 5) is 24.6. The van der Waals surface area contributed by atoms with Gasteiger partial charge in [0.2, 0.25) is 0 Å². The molecule has 6 nitrogen and oxygen atoms in total. The lowest BCUT2D eigenvalue weighted by molar-refractivity contribution is 0.00439. The Morgan fingerprint density at radius 2 is 1.89 bits per heavy atom. The van der Waals surface area contributed by atoms with Gasteiger partial charge in [-0.2, -0.15) is 0 Å². The van der Waals surface area contributed by atoms with Crippen LogP contribution < -0.4 is 5.32 Å². The Morgan fingerprint density at radius 1 is 1.19 bits per heavy atom. The molecule has 0 radical (unpaired) electrons. The summed E-state index contributed by atoms with van der Waals surface area (Å²) in [7, 11) is 0. The number of carbonyl (C=O) groups excluding carboxylic acids is 2. The Balaban J connectivity index is 2.73. The molecule has 0 spiro atoms. The van der Waals surface area contributed by atoms with Gasteiger partial charge >= 0.3 is 6.09 Å².